The van der Waals surface area contributed by atoms with E-state index in [0.717, 1.165) is 18.4 Å². The lowest BCUT2D eigenvalue weighted by Gasteiger charge is -2.26. The van der Waals surface area contributed by atoms with Crippen molar-refractivity contribution < 1.29 is 0 Å². The Morgan fingerprint density at radius 3 is 2.38 bits per heavy atom. The van der Waals surface area contributed by atoms with Crippen LogP contribution in [0.1, 0.15) is 33.1 Å². The van der Waals surface area contributed by atoms with Crippen LogP contribution in [0.4, 0.5) is 0 Å². The van der Waals surface area contributed by atoms with Crippen molar-refractivity contribution in [3.63, 3.8) is 0 Å². The molecular formula is C11H14N2. The highest BCUT2D eigenvalue weighted by atomic mass is 14.3. The molecule has 1 fully saturated rings. The Morgan fingerprint density at radius 1 is 1.23 bits per heavy atom. The molecule has 1 rings (SSSR count). The summed E-state index contributed by atoms with van der Waals surface area (Å²) in [6.45, 7) is 4.29. The number of allylic oxidation sites excluding steroid dienone is 2. The normalized spacial score (nSPS) is 27.5. The van der Waals surface area contributed by atoms with E-state index >= 15 is 0 Å². The van der Waals surface area contributed by atoms with Crippen LogP contribution in [-0.4, -0.2) is 0 Å². The van der Waals surface area contributed by atoms with Gasteiger partial charge in [-0.05, 0) is 36.7 Å². The van der Waals surface area contributed by atoms with E-state index in [1.54, 1.807) is 0 Å². The van der Waals surface area contributed by atoms with Gasteiger partial charge in [-0.2, -0.15) is 10.5 Å². The molecule has 1 saturated carbocycles. The fraction of sp³-hybridized carbons (Fsp3) is 0.636. The maximum atomic E-state index is 8.75. The van der Waals surface area contributed by atoms with Crippen LogP contribution < -0.4 is 0 Å². The Morgan fingerprint density at radius 2 is 1.85 bits per heavy atom. The van der Waals surface area contributed by atoms with E-state index in [9.17, 15) is 0 Å². The standard InChI is InChI=1S/C11H14N2/c1-8-3-4-9(2)11(5-8)10(6-12)7-13/h8-9H,3-5H2,1-2H3/t8-,9+/m0/s1. The minimum Gasteiger partial charge on any atom is -0.192 e. The second-order valence-corrected chi connectivity index (χ2v) is 3.91. The zero-order valence-electron chi connectivity index (χ0n) is 8.17. The lowest BCUT2D eigenvalue weighted by atomic mass is 9.78. The van der Waals surface area contributed by atoms with E-state index < -0.39 is 0 Å². The fourth-order valence-corrected chi connectivity index (χ4v) is 1.90. The molecule has 13 heavy (non-hydrogen) atoms. The summed E-state index contributed by atoms with van der Waals surface area (Å²) >= 11 is 0. The van der Waals surface area contributed by atoms with Crippen LogP contribution in [0.2, 0.25) is 0 Å². The number of nitrogens with zero attached hydrogens (tertiary/aromatic N) is 2. The largest absolute Gasteiger partial charge is 0.192 e. The Balaban J connectivity index is 2.95. The molecule has 0 unspecified atom stereocenters. The quantitative estimate of drug-likeness (QED) is 0.530. The van der Waals surface area contributed by atoms with Gasteiger partial charge in [0.1, 0.15) is 17.7 Å². The van der Waals surface area contributed by atoms with E-state index in [-0.39, 0.29) is 0 Å². The molecule has 0 N–H and O–H groups in total. The van der Waals surface area contributed by atoms with E-state index in [1.165, 1.54) is 6.42 Å². The zero-order valence-corrected chi connectivity index (χ0v) is 8.17. The van der Waals surface area contributed by atoms with Gasteiger partial charge in [-0.3, -0.25) is 0 Å². The fourth-order valence-electron chi connectivity index (χ4n) is 1.90. The molecule has 68 valence electrons. The van der Waals surface area contributed by atoms with Crippen LogP contribution in [0.25, 0.3) is 0 Å². The molecule has 0 heterocycles. The average molecular weight is 174 g/mol. The van der Waals surface area contributed by atoms with E-state index in [1.807, 2.05) is 12.1 Å². The Hall–Kier alpha value is -1.28. The van der Waals surface area contributed by atoms with Gasteiger partial charge < -0.3 is 0 Å². The van der Waals surface area contributed by atoms with Crippen molar-refractivity contribution in [2.45, 2.75) is 33.1 Å². The van der Waals surface area contributed by atoms with Crippen LogP contribution in [0.5, 0.6) is 0 Å². The number of nitriles is 2. The molecule has 0 radical (unpaired) electrons. The van der Waals surface area contributed by atoms with Gasteiger partial charge in [0.2, 0.25) is 0 Å². The van der Waals surface area contributed by atoms with Crippen molar-refractivity contribution in [1.29, 1.82) is 10.5 Å². The zero-order chi connectivity index (χ0) is 9.84. The Bertz CT molecular complexity index is 285. The smallest absolute Gasteiger partial charge is 0.129 e. The van der Waals surface area contributed by atoms with Crippen molar-refractivity contribution in [3.05, 3.63) is 11.1 Å². The summed E-state index contributed by atoms with van der Waals surface area (Å²) in [6.07, 6.45) is 3.26. The maximum absolute atomic E-state index is 8.75. The molecule has 2 atom stereocenters. The third kappa shape index (κ3) is 2.10. The van der Waals surface area contributed by atoms with Crippen LogP contribution in [-0.2, 0) is 0 Å². The highest BCUT2D eigenvalue weighted by Crippen LogP contribution is 2.34. The summed E-state index contributed by atoms with van der Waals surface area (Å²) in [5.74, 6) is 1.05. The van der Waals surface area contributed by atoms with Crippen molar-refractivity contribution in [2.24, 2.45) is 11.8 Å². The van der Waals surface area contributed by atoms with Gasteiger partial charge in [-0.25, -0.2) is 0 Å². The van der Waals surface area contributed by atoms with Crippen LogP contribution >= 0.6 is 0 Å². The van der Waals surface area contributed by atoms with Crippen LogP contribution in [0.15, 0.2) is 11.1 Å². The van der Waals surface area contributed by atoms with Crippen molar-refractivity contribution in [2.75, 3.05) is 0 Å². The third-order valence-electron chi connectivity index (χ3n) is 2.80. The molecule has 0 aromatic rings. The summed E-state index contributed by atoms with van der Waals surface area (Å²) in [4.78, 5) is 0. The lowest BCUT2D eigenvalue weighted by Crippen LogP contribution is -2.14. The highest BCUT2D eigenvalue weighted by molar-refractivity contribution is 5.41. The summed E-state index contributed by atoms with van der Waals surface area (Å²) in [7, 11) is 0. The minimum atomic E-state index is 0.346. The first-order valence-corrected chi connectivity index (χ1v) is 4.72. The van der Waals surface area contributed by atoms with Gasteiger partial charge in [0.25, 0.3) is 0 Å². The van der Waals surface area contributed by atoms with Gasteiger partial charge in [0.15, 0.2) is 0 Å². The summed E-state index contributed by atoms with van der Waals surface area (Å²) in [5.41, 5.74) is 1.42. The predicted molar refractivity (Wildman–Crippen MR) is 50.4 cm³/mol. The molecule has 2 nitrogen and oxygen atoms in total. The number of hydrogen-bond donors (Lipinski definition) is 0. The topological polar surface area (TPSA) is 47.6 Å². The Kier molecular flexibility index (Phi) is 3.09. The first-order valence-electron chi connectivity index (χ1n) is 4.72. The van der Waals surface area contributed by atoms with Gasteiger partial charge >= 0.3 is 0 Å². The van der Waals surface area contributed by atoms with Gasteiger partial charge in [-0.15, -0.1) is 0 Å². The molecule has 0 aliphatic heterocycles. The summed E-state index contributed by atoms with van der Waals surface area (Å²) < 4.78 is 0. The maximum Gasteiger partial charge on any atom is 0.129 e. The molecule has 1 aliphatic rings. The first kappa shape index (κ1) is 9.81. The molecular weight excluding hydrogens is 160 g/mol. The minimum absolute atomic E-state index is 0.346. The van der Waals surface area contributed by atoms with Gasteiger partial charge in [-0.1, -0.05) is 13.8 Å². The Labute approximate surface area is 79.5 Å². The SMILES string of the molecule is C[C@H]1CC[C@@H](C)C(=C(C#N)C#N)C1. The van der Waals surface area contributed by atoms with Gasteiger partial charge in [0.05, 0.1) is 0 Å². The first-order chi connectivity index (χ1) is 6.19. The van der Waals surface area contributed by atoms with E-state index in [4.69, 9.17) is 10.5 Å². The van der Waals surface area contributed by atoms with Crippen LogP contribution in [0.3, 0.4) is 0 Å². The molecule has 2 heteroatoms. The highest BCUT2D eigenvalue weighted by Gasteiger charge is 2.22. The van der Waals surface area contributed by atoms with Crippen molar-refractivity contribution in [3.8, 4) is 12.1 Å². The van der Waals surface area contributed by atoms with Crippen LogP contribution in [0, 0.1) is 34.5 Å². The average Bonchev–Trinajstić information content (AvgIpc) is 2.13. The summed E-state index contributed by atoms with van der Waals surface area (Å²) in [5, 5.41) is 17.5. The molecule has 0 spiro atoms. The number of rotatable bonds is 0. The lowest BCUT2D eigenvalue weighted by molar-refractivity contribution is 0.385. The molecule has 0 amide bonds. The summed E-state index contributed by atoms with van der Waals surface area (Å²) in [6, 6.07) is 3.98. The van der Waals surface area contributed by atoms with Crippen molar-refractivity contribution in [1.82, 2.24) is 0 Å². The molecule has 0 aromatic carbocycles. The van der Waals surface area contributed by atoms with Crippen molar-refractivity contribution >= 4 is 0 Å². The molecule has 0 bridgehead atoms. The monoisotopic (exact) mass is 174 g/mol. The number of hydrogen-bond acceptors (Lipinski definition) is 2. The molecule has 0 saturated heterocycles. The second kappa shape index (κ2) is 4.10. The second-order valence-electron chi connectivity index (χ2n) is 3.91. The van der Waals surface area contributed by atoms with E-state index in [2.05, 4.69) is 13.8 Å². The molecule has 1 aliphatic carbocycles. The molecule has 0 aromatic heterocycles. The van der Waals surface area contributed by atoms with Gasteiger partial charge in [0, 0.05) is 0 Å². The predicted octanol–water partition coefficient (Wildman–Crippen LogP) is 2.79. The van der Waals surface area contributed by atoms with E-state index in [0.29, 0.717) is 17.4 Å². The third-order valence-corrected chi connectivity index (χ3v) is 2.80.